The van der Waals surface area contributed by atoms with Crippen LogP contribution in [0.5, 0.6) is 11.5 Å². The minimum absolute atomic E-state index is 0. The monoisotopic (exact) mass is 362 g/mol. The van der Waals surface area contributed by atoms with Gasteiger partial charge in [-0.15, -0.1) is 0 Å². The van der Waals surface area contributed by atoms with E-state index in [0.717, 1.165) is 55.2 Å². The first-order valence-electron chi connectivity index (χ1n) is 8.51. The van der Waals surface area contributed by atoms with Gasteiger partial charge in [0.25, 0.3) is 0 Å². The van der Waals surface area contributed by atoms with Crippen molar-refractivity contribution in [2.45, 2.75) is 32.1 Å². The molecule has 2 aromatic carbocycles. The Balaban J connectivity index is 0.00000225. The Morgan fingerprint density at radius 2 is 1.96 bits per heavy atom. The van der Waals surface area contributed by atoms with Crippen LogP contribution in [0.2, 0.25) is 0 Å². The number of nitrogens with one attached hydrogen (secondary N) is 1. The summed E-state index contributed by atoms with van der Waals surface area (Å²) in [5, 5.41) is 3.47. The number of benzene rings is 2. The third-order valence-electron chi connectivity index (χ3n) is 4.22. The molecular weight excluding hydrogens is 338 g/mol. The topological polar surface area (TPSA) is 39.7 Å². The van der Waals surface area contributed by atoms with Gasteiger partial charge in [0.1, 0.15) is 6.61 Å². The first kappa shape index (κ1) is 19.6. The highest BCUT2D eigenvalue weighted by Crippen LogP contribution is 2.31. The molecule has 0 aliphatic carbocycles. The van der Waals surface area contributed by atoms with Crippen LogP contribution in [0.1, 0.15) is 24.0 Å². The number of ether oxygens (including phenoxy) is 3. The largest absolute Gasteiger partial charge is 1.00 e. The molecule has 1 atom stereocenters. The number of rotatable bonds is 8. The smallest absolute Gasteiger partial charge is 0.166 e. The third-order valence-corrected chi connectivity index (χ3v) is 4.22. The Labute approximate surface area is 155 Å². The molecule has 1 heterocycles. The average Bonchev–Trinajstić information content (AvgIpc) is 3.14. The summed E-state index contributed by atoms with van der Waals surface area (Å²) in [5.41, 5.74) is 2.24. The van der Waals surface area contributed by atoms with Crippen LogP contribution in [0.25, 0.3) is 0 Å². The fourth-order valence-electron chi connectivity index (χ4n) is 2.93. The van der Waals surface area contributed by atoms with Crippen molar-refractivity contribution in [3.8, 4) is 11.5 Å². The Morgan fingerprint density at radius 1 is 1.12 bits per heavy atom. The molecule has 0 spiro atoms. The zero-order valence-electron chi connectivity index (χ0n) is 14.5. The molecule has 0 bridgehead atoms. The summed E-state index contributed by atoms with van der Waals surface area (Å²) < 4.78 is 17.2. The number of hydrogen-bond acceptors (Lipinski definition) is 4. The van der Waals surface area contributed by atoms with Gasteiger partial charge in [-0.25, -0.2) is 0 Å². The minimum Gasteiger partial charge on any atom is -1.00 e. The average molecular weight is 363 g/mol. The predicted octanol–water partition coefficient (Wildman–Crippen LogP) is 0.547. The molecular formula is C20H25ClNO3-. The van der Waals surface area contributed by atoms with Crippen molar-refractivity contribution < 1.29 is 26.6 Å². The highest BCUT2D eigenvalue weighted by molar-refractivity contribution is 5.46. The van der Waals surface area contributed by atoms with Crippen LogP contribution in [-0.2, 0) is 17.9 Å². The van der Waals surface area contributed by atoms with E-state index in [0.29, 0.717) is 12.7 Å². The quantitative estimate of drug-likeness (QED) is 0.744. The standard InChI is InChI=1S/C20H25NO3.ClH/c1-22-19-11-5-9-17(13-21-14-18-10-6-12-23-18)20(19)24-15-16-7-3-2-4-8-16;/h2-5,7-9,11,18,21H,6,10,12-15H2,1H3;1H/p-1. The predicted molar refractivity (Wildman–Crippen MR) is 94.4 cm³/mol. The van der Waals surface area contributed by atoms with E-state index >= 15 is 0 Å². The van der Waals surface area contributed by atoms with Crippen molar-refractivity contribution in [3.05, 3.63) is 59.7 Å². The summed E-state index contributed by atoms with van der Waals surface area (Å²) in [5.74, 6) is 1.58. The summed E-state index contributed by atoms with van der Waals surface area (Å²) in [6.45, 7) is 3.02. The van der Waals surface area contributed by atoms with Crippen molar-refractivity contribution in [1.82, 2.24) is 5.32 Å². The molecule has 5 heteroatoms. The van der Waals surface area contributed by atoms with Crippen LogP contribution < -0.4 is 27.2 Å². The Kier molecular flexibility index (Phi) is 8.06. The van der Waals surface area contributed by atoms with Crippen LogP contribution in [0.3, 0.4) is 0 Å². The lowest BCUT2D eigenvalue weighted by Gasteiger charge is -2.16. The van der Waals surface area contributed by atoms with Gasteiger partial charge in [0.2, 0.25) is 0 Å². The second-order valence-corrected chi connectivity index (χ2v) is 5.99. The number of halogens is 1. The maximum atomic E-state index is 6.07. The zero-order chi connectivity index (χ0) is 16.6. The van der Waals surface area contributed by atoms with E-state index in [9.17, 15) is 0 Å². The molecule has 4 nitrogen and oxygen atoms in total. The fraction of sp³-hybridized carbons (Fsp3) is 0.400. The molecule has 1 aliphatic rings. The third kappa shape index (κ3) is 5.63. The van der Waals surface area contributed by atoms with E-state index in [2.05, 4.69) is 23.5 Å². The number of hydrogen-bond donors (Lipinski definition) is 1. The maximum absolute atomic E-state index is 6.07. The first-order valence-corrected chi connectivity index (χ1v) is 8.51. The van der Waals surface area contributed by atoms with Gasteiger partial charge in [-0.3, -0.25) is 0 Å². The van der Waals surface area contributed by atoms with Crippen molar-refractivity contribution >= 4 is 0 Å². The molecule has 0 amide bonds. The molecule has 0 aromatic heterocycles. The van der Waals surface area contributed by atoms with Gasteiger partial charge < -0.3 is 31.9 Å². The van der Waals surface area contributed by atoms with Crippen LogP contribution in [0, 0.1) is 0 Å². The molecule has 2 aromatic rings. The minimum atomic E-state index is 0. The van der Waals surface area contributed by atoms with Crippen molar-refractivity contribution in [2.75, 3.05) is 20.3 Å². The van der Waals surface area contributed by atoms with E-state index in [1.165, 1.54) is 0 Å². The van der Waals surface area contributed by atoms with Gasteiger partial charge in [0.05, 0.1) is 13.2 Å². The molecule has 1 fully saturated rings. The Hall–Kier alpha value is -1.75. The van der Waals surface area contributed by atoms with Crippen molar-refractivity contribution in [1.29, 1.82) is 0 Å². The highest BCUT2D eigenvalue weighted by Gasteiger charge is 2.16. The highest BCUT2D eigenvalue weighted by atomic mass is 35.5. The zero-order valence-corrected chi connectivity index (χ0v) is 15.3. The normalized spacial score (nSPS) is 16.3. The second-order valence-electron chi connectivity index (χ2n) is 5.99. The molecule has 3 rings (SSSR count). The lowest BCUT2D eigenvalue weighted by atomic mass is 10.1. The van der Waals surface area contributed by atoms with E-state index in [1.807, 2.05) is 30.3 Å². The molecule has 1 unspecified atom stereocenters. The first-order chi connectivity index (χ1) is 11.9. The molecule has 1 N–H and O–H groups in total. The van der Waals surface area contributed by atoms with E-state index in [1.54, 1.807) is 7.11 Å². The van der Waals surface area contributed by atoms with Crippen LogP contribution in [0.4, 0.5) is 0 Å². The van der Waals surface area contributed by atoms with Crippen LogP contribution in [0.15, 0.2) is 48.5 Å². The number of methoxy groups -OCH3 is 1. The molecule has 25 heavy (non-hydrogen) atoms. The molecule has 1 aliphatic heterocycles. The second kappa shape index (κ2) is 10.3. The Morgan fingerprint density at radius 3 is 2.68 bits per heavy atom. The Bertz CT molecular complexity index is 630. The molecule has 0 radical (unpaired) electrons. The summed E-state index contributed by atoms with van der Waals surface area (Å²) in [7, 11) is 1.67. The van der Waals surface area contributed by atoms with Gasteiger partial charge >= 0.3 is 0 Å². The lowest BCUT2D eigenvalue weighted by Crippen LogP contribution is -3.00. The summed E-state index contributed by atoms with van der Waals surface area (Å²) in [4.78, 5) is 0. The van der Waals surface area contributed by atoms with Crippen molar-refractivity contribution in [2.24, 2.45) is 0 Å². The van der Waals surface area contributed by atoms with Gasteiger partial charge in [-0.05, 0) is 24.5 Å². The van der Waals surface area contributed by atoms with E-state index in [-0.39, 0.29) is 12.4 Å². The van der Waals surface area contributed by atoms with E-state index < -0.39 is 0 Å². The van der Waals surface area contributed by atoms with Gasteiger partial charge in [0.15, 0.2) is 11.5 Å². The van der Waals surface area contributed by atoms with Crippen LogP contribution >= 0.6 is 0 Å². The summed E-state index contributed by atoms with van der Waals surface area (Å²) in [6, 6.07) is 16.2. The van der Waals surface area contributed by atoms with Crippen LogP contribution in [-0.4, -0.2) is 26.4 Å². The molecule has 136 valence electrons. The van der Waals surface area contributed by atoms with Gasteiger partial charge in [0, 0.05) is 25.3 Å². The lowest BCUT2D eigenvalue weighted by molar-refractivity contribution is -0.00000671. The summed E-state index contributed by atoms with van der Waals surface area (Å²) in [6.07, 6.45) is 2.64. The SMILES string of the molecule is COc1cccc(CNCC2CCCO2)c1OCc1ccccc1.[Cl-]. The molecule has 1 saturated heterocycles. The maximum Gasteiger partial charge on any atom is 0.166 e. The molecule has 0 saturated carbocycles. The van der Waals surface area contributed by atoms with Gasteiger partial charge in [-0.2, -0.15) is 0 Å². The summed E-state index contributed by atoms with van der Waals surface area (Å²) >= 11 is 0. The van der Waals surface area contributed by atoms with E-state index in [4.69, 9.17) is 14.2 Å². The van der Waals surface area contributed by atoms with Crippen molar-refractivity contribution in [3.63, 3.8) is 0 Å². The fourth-order valence-corrected chi connectivity index (χ4v) is 2.93. The number of para-hydroxylation sites is 1. The van der Waals surface area contributed by atoms with Gasteiger partial charge in [-0.1, -0.05) is 42.5 Å².